The summed E-state index contributed by atoms with van der Waals surface area (Å²) in [5, 5.41) is 0. The summed E-state index contributed by atoms with van der Waals surface area (Å²) in [6.07, 6.45) is 4.09. The van der Waals surface area contributed by atoms with Crippen molar-refractivity contribution in [2.45, 2.75) is 19.5 Å². The van der Waals surface area contributed by atoms with Crippen molar-refractivity contribution in [1.29, 1.82) is 0 Å². The van der Waals surface area contributed by atoms with Gasteiger partial charge in [-0.15, -0.1) is 0 Å². The van der Waals surface area contributed by atoms with Gasteiger partial charge in [0.1, 0.15) is 11.6 Å². The molecule has 0 saturated heterocycles. The molecule has 0 amide bonds. The zero-order valence-electron chi connectivity index (χ0n) is 13.6. The van der Waals surface area contributed by atoms with Crippen molar-refractivity contribution in [1.82, 2.24) is 19.9 Å². The number of nitrogens with zero attached hydrogens (tertiary/aromatic N) is 3. The van der Waals surface area contributed by atoms with Crippen molar-refractivity contribution < 1.29 is 4.39 Å². The Kier molecular flexibility index (Phi) is 4.11. The molecule has 1 N–H and O–H groups in total. The second kappa shape index (κ2) is 6.57. The number of pyridine rings is 1. The lowest BCUT2D eigenvalue weighted by Gasteiger charge is -2.27. The Balaban J connectivity index is 1.57. The highest BCUT2D eigenvalue weighted by Crippen LogP contribution is 2.19. The molecule has 25 heavy (non-hydrogen) atoms. The number of hydrogen-bond donors (Lipinski definition) is 1. The molecular weight excluding hydrogens is 319 g/mol. The molecule has 0 unspecified atom stereocenters. The van der Waals surface area contributed by atoms with Gasteiger partial charge in [-0.1, -0.05) is 12.1 Å². The number of fused-ring (bicyclic) bond motifs is 1. The van der Waals surface area contributed by atoms with E-state index in [2.05, 4.69) is 19.9 Å². The van der Waals surface area contributed by atoms with Gasteiger partial charge in [0.15, 0.2) is 0 Å². The Hall–Kier alpha value is -2.86. The molecule has 0 spiro atoms. The summed E-state index contributed by atoms with van der Waals surface area (Å²) >= 11 is 0. The van der Waals surface area contributed by atoms with E-state index in [0.717, 1.165) is 23.4 Å². The summed E-state index contributed by atoms with van der Waals surface area (Å²) in [6, 6.07) is 10.2. The lowest BCUT2D eigenvalue weighted by atomic mass is 10.1. The minimum atomic E-state index is -0.240. The van der Waals surface area contributed by atoms with Gasteiger partial charge in [0.25, 0.3) is 5.56 Å². The highest BCUT2D eigenvalue weighted by atomic mass is 19.1. The number of hydrogen-bond acceptors (Lipinski definition) is 4. The SMILES string of the molecule is O=c1[nH]c(-c2cccnc2)nc2c1CN(Cc1ccc(F)cc1)CC2. The van der Waals surface area contributed by atoms with Gasteiger partial charge in [-0.05, 0) is 29.8 Å². The molecule has 0 saturated carbocycles. The van der Waals surface area contributed by atoms with Crippen LogP contribution in [0, 0.1) is 5.82 Å². The molecule has 2 aromatic heterocycles. The number of halogens is 1. The van der Waals surface area contributed by atoms with Gasteiger partial charge in [0, 0.05) is 44.0 Å². The molecule has 1 aliphatic rings. The Morgan fingerprint density at radius 2 is 2.04 bits per heavy atom. The lowest BCUT2D eigenvalue weighted by Crippen LogP contribution is -2.35. The Labute approximate surface area is 144 Å². The van der Waals surface area contributed by atoms with E-state index in [-0.39, 0.29) is 11.4 Å². The van der Waals surface area contributed by atoms with Gasteiger partial charge >= 0.3 is 0 Å². The largest absolute Gasteiger partial charge is 0.306 e. The van der Waals surface area contributed by atoms with Crippen molar-refractivity contribution in [3.8, 4) is 11.4 Å². The summed E-state index contributed by atoms with van der Waals surface area (Å²) in [5.41, 5.74) is 3.28. The monoisotopic (exact) mass is 336 g/mol. The standard InChI is InChI=1S/C19H17FN4O/c20-15-5-3-13(4-6-15)11-24-9-7-17-16(12-24)19(25)23-18(22-17)14-2-1-8-21-10-14/h1-6,8,10H,7,9,11-12H2,(H,22,23,25). The van der Waals surface area contributed by atoms with E-state index in [1.807, 2.05) is 12.1 Å². The summed E-state index contributed by atoms with van der Waals surface area (Å²) < 4.78 is 13.0. The number of aromatic nitrogens is 3. The summed E-state index contributed by atoms with van der Waals surface area (Å²) in [4.78, 5) is 26.2. The van der Waals surface area contributed by atoms with Crippen molar-refractivity contribution in [2.24, 2.45) is 0 Å². The maximum atomic E-state index is 13.0. The summed E-state index contributed by atoms with van der Waals surface area (Å²) in [7, 11) is 0. The molecule has 0 fully saturated rings. The maximum absolute atomic E-state index is 13.0. The fourth-order valence-corrected chi connectivity index (χ4v) is 3.10. The third-order valence-electron chi connectivity index (χ3n) is 4.40. The fourth-order valence-electron chi connectivity index (χ4n) is 3.10. The smallest absolute Gasteiger partial charge is 0.255 e. The molecule has 0 radical (unpaired) electrons. The highest BCUT2D eigenvalue weighted by molar-refractivity contribution is 5.53. The minimum absolute atomic E-state index is 0.104. The molecular formula is C19H17FN4O. The molecule has 0 bridgehead atoms. The second-order valence-electron chi connectivity index (χ2n) is 6.17. The Morgan fingerprint density at radius 1 is 1.20 bits per heavy atom. The van der Waals surface area contributed by atoms with E-state index >= 15 is 0 Å². The third-order valence-corrected chi connectivity index (χ3v) is 4.40. The van der Waals surface area contributed by atoms with E-state index in [1.165, 1.54) is 12.1 Å². The van der Waals surface area contributed by atoms with Crippen LogP contribution in [0.4, 0.5) is 4.39 Å². The normalized spacial score (nSPS) is 14.3. The van der Waals surface area contributed by atoms with Crippen LogP contribution >= 0.6 is 0 Å². The van der Waals surface area contributed by atoms with Crippen LogP contribution < -0.4 is 5.56 Å². The first-order valence-corrected chi connectivity index (χ1v) is 8.18. The summed E-state index contributed by atoms with van der Waals surface area (Å²) in [5.74, 6) is 0.320. The average Bonchev–Trinajstić information content (AvgIpc) is 2.65. The van der Waals surface area contributed by atoms with Crippen molar-refractivity contribution in [2.75, 3.05) is 6.54 Å². The molecule has 3 aromatic rings. The zero-order valence-corrected chi connectivity index (χ0v) is 13.6. The first-order valence-electron chi connectivity index (χ1n) is 8.18. The first kappa shape index (κ1) is 15.7. The van der Waals surface area contributed by atoms with Crippen LogP contribution in [0.1, 0.15) is 16.8 Å². The molecule has 1 aromatic carbocycles. The number of nitrogens with one attached hydrogen (secondary N) is 1. The Morgan fingerprint density at radius 3 is 2.80 bits per heavy atom. The first-order chi connectivity index (χ1) is 12.2. The summed E-state index contributed by atoms with van der Waals surface area (Å²) in [6.45, 7) is 2.04. The van der Waals surface area contributed by atoms with Crippen LogP contribution in [0.2, 0.25) is 0 Å². The van der Waals surface area contributed by atoms with Crippen LogP contribution in [0.5, 0.6) is 0 Å². The van der Waals surface area contributed by atoms with Crippen LogP contribution in [-0.4, -0.2) is 26.4 Å². The van der Waals surface area contributed by atoms with E-state index in [1.54, 1.807) is 24.5 Å². The lowest BCUT2D eigenvalue weighted by molar-refractivity contribution is 0.242. The fraction of sp³-hybridized carbons (Fsp3) is 0.211. The van der Waals surface area contributed by atoms with Gasteiger partial charge < -0.3 is 4.98 Å². The van der Waals surface area contributed by atoms with E-state index in [4.69, 9.17) is 0 Å². The van der Waals surface area contributed by atoms with Crippen LogP contribution in [0.25, 0.3) is 11.4 Å². The Bertz CT molecular complexity index is 938. The molecule has 0 atom stereocenters. The van der Waals surface area contributed by atoms with Crippen LogP contribution in [-0.2, 0) is 19.5 Å². The molecule has 0 aliphatic carbocycles. The van der Waals surface area contributed by atoms with Crippen LogP contribution in [0.15, 0.2) is 53.6 Å². The number of H-pyrrole nitrogens is 1. The molecule has 1 aliphatic heterocycles. The number of benzene rings is 1. The van der Waals surface area contributed by atoms with Crippen molar-refractivity contribution >= 4 is 0 Å². The van der Waals surface area contributed by atoms with Crippen molar-refractivity contribution in [3.05, 3.63) is 81.8 Å². The molecule has 3 heterocycles. The quantitative estimate of drug-likeness (QED) is 0.798. The topological polar surface area (TPSA) is 61.9 Å². The van der Waals surface area contributed by atoms with E-state index in [0.29, 0.717) is 30.9 Å². The maximum Gasteiger partial charge on any atom is 0.255 e. The van der Waals surface area contributed by atoms with Crippen LogP contribution in [0.3, 0.4) is 0 Å². The second-order valence-corrected chi connectivity index (χ2v) is 6.17. The van der Waals surface area contributed by atoms with E-state index in [9.17, 15) is 9.18 Å². The van der Waals surface area contributed by atoms with Crippen molar-refractivity contribution in [3.63, 3.8) is 0 Å². The highest BCUT2D eigenvalue weighted by Gasteiger charge is 2.21. The average molecular weight is 336 g/mol. The zero-order chi connectivity index (χ0) is 17.2. The minimum Gasteiger partial charge on any atom is -0.306 e. The van der Waals surface area contributed by atoms with Gasteiger partial charge in [-0.3, -0.25) is 14.7 Å². The molecule has 6 heteroatoms. The van der Waals surface area contributed by atoms with E-state index < -0.39 is 0 Å². The molecule has 126 valence electrons. The van der Waals surface area contributed by atoms with Gasteiger partial charge in [-0.25, -0.2) is 9.37 Å². The van der Waals surface area contributed by atoms with Gasteiger partial charge in [0.2, 0.25) is 0 Å². The number of aromatic amines is 1. The predicted molar refractivity (Wildman–Crippen MR) is 92.3 cm³/mol. The predicted octanol–water partition coefficient (Wildman–Crippen LogP) is 2.53. The number of rotatable bonds is 3. The van der Waals surface area contributed by atoms with Gasteiger partial charge in [0.05, 0.1) is 11.3 Å². The molecule has 5 nitrogen and oxygen atoms in total. The molecule has 4 rings (SSSR count). The third kappa shape index (κ3) is 3.34. The van der Waals surface area contributed by atoms with Gasteiger partial charge in [-0.2, -0.15) is 0 Å².